The van der Waals surface area contributed by atoms with Crippen LogP contribution in [0, 0.1) is 0 Å². The number of H-pyrrole nitrogens is 1. The van der Waals surface area contributed by atoms with Gasteiger partial charge in [0.05, 0.1) is 6.10 Å². The summed E-state index contributed by atoms with van der Waals surface area (Å²) in [5.74, 6) is 0.914. The molecule has 3 aromatic rings. The van der Waals surface area contributed by atoms with Gasteiger partial charge in [-0.2, -0.15) is 0 Å². The third kappa shape index (κ3) is 4.63. The maximum Gasteiger partial charge on any atom is 0.220 e. The number of benzene rings is 2. The summed E-state index contributed by atoms with van der Waals surface area (Å²) in [5, 5.41) is 4.17. The third-order valence-corrected chi connectivity index (χ3v) is 4.08. The van der Waals surface area contributed by atoms with E-state index in [1.165, 1.54) is 10.9 Å². The maximum absolute atomic E-state index is 12.1. The Kier molecular flexibility index (Phi) is 5.39. The molecule has 0 fully saturated rings. The van der Waals surface area contributed by atoms with Crippen LogP contribution >= 0.6 is 0 Å². The molecule has 0 aliphatic heterocycles. The zero-order valence-electron chi connectivity index (χ0n) is 14.7. The van der Waals surface area contributed by atoms with Gasteiger partial charge in [-0.3, -0.25) is 4.79 Å². The highest BCUT2D eigenvalue weighted by atomic mass is 16.5. The number of fused-ring (bicyclic) bond motifs is 1. The molecule has 0 bridgehead atoms. The van der Waals surface area contributed by atoms with E-state index >= 15 is 0 Å². The van der Waals surface area contributed by atoms with Crippen LogP contribution in [0.4, 0.5) is 0 Å². The Morgan fingerprint density at radius 2 is 1.88 bits per heavy atom. The second-order valence-corrected chi connectivity index (χ2v) is 6.45. The lowest BCUT2D eigenvalue weighted by molar-refractivity contribution is -0.121. The normalized spacial score (nSPS) is 11.0. The van der Waals surface area contributed by atoms with Crippen molar-refractivity contribution >= 4 is 16.8 Å². The van der Waals surface area contributed by atoms with Crippen LogP contribution in [0.5, 0.6) is 5.75 Å². The summed E-state index contributed by atoms with van der Waals surface area (Å²) < 4.78 is 5.62. The van der Waals surface area contributed by atoms with Gasteiger partial charge in [0.1, 0.15) is 5.75 Å². The first-order valence-electron chi connectivity index (χ1n) is 8.69. The number of carbonyl (C=O) groups excluding carboxylic acids is 1. The molecule has 1 amide bonds. The highest BCUT2D eigenvalue weighted by Gasteiger charge is 2.07. The fourth-order valence-corrected chi connectivity index (χ4v) is 2.83. The predicted molar refractivity (Wildman–Crippen MR) is 101 cm³/mol. The number of aromatic nitrogens is 1. The van der Waals surface area contributed by atoms with E-state index in [1.807, 2.05) is 62.5 Å². The van der Waals surface area contributed by atoms with Gasteiger partial charge in [-0.25, -0.2) is 0 Å². The Bertz CT molecular complexity index is 834. The zero-order chi connectivity index (χ0) is 17.6. The molecule has 0 spiro atoms. The number of hydrogen-bond acceptors (Lipinski definition) is 2. The van der Waals surface area contributed by atoms with Crippen LogP contribution in [0.2, 0.25) is 0 Å². The Morgan fingerprint density at radius 3 is 2.64 bits per heavy atom. The standard InChI is InChI=1S/C21H24N2O2/c1-15(2)25-18-10-7-16(8-11-18)13-23-21(24)12-9-17-14-22-20-6-4-3-5-19(17)20/h3-8,10-11,14-15,22H,9,12-13H2,1-2H3,(H,23,24). The van der Waals surface area contributed by atoms with Gasteiger partial charge in [0.15, 0.2) is 0 Å². The maximum atomic E-state index is 12.1. The average molecular weight is 336 g/mol. The second-order valence-electron chi connectivity index (χ2n) is 6.45. The first-order chi connectivity index (χ1) is 12.1. The number of carbonyl (C=O) groups is 1. The number of aromatic amines is 1. The molecule has 3 rings (SSSR count). The molecule has 25 heavy (non-hydrogen) atoms. The molecule has 4 nitrogen and oxygen atoms in total. The molecule has 0 saturated carbocycles. The van der Waals surface area contributed by atoms with E-state index in [0.717, 1.165) is 23.3 Å². The van der Waals surface area contributed by atoms with E-state index in [9.17, 15) is 4.79 Å². The summed E-state index contributed by atoms with van der Waals surface area (Å²) in [4.78, 5) is 15.4. The van der Waals surface area contributed by atoms with Gasteiger partial charge in [-0.1, -0.05) is 30.3 Å². The monoisotopic (exact) mass is 336 g/mol. The molecule has 1 heterocycles. The van der Waals surface area contributed by atoms with Gasteiger partial charge in [-0.15, -0.1) is 0 Å². The largest absolute Gasteiger partial charge is 0.491 e. The molecule has 2 N–H and O–H groups in total. The molecule has 130 valence electrons. The lowest BCUT2D eigenvalue weighted by Crippen LogP contribution is -2.22. The van der Waals surface area contributed by atoms with Crippen molar-refractivity contribution in [2.24, 2.45) is 0 Å². The summed E-state index contributed by atoms with van der Waals surface area (Å²) in [7, 11) is 0. The van der Waals surface area contributed by atoms with Crippen LogP contribution in [-0.2, 0) is 17.8 Å². The van der Waals surface area contributed by atoms with Crippen molar-refractivity contribution in [1.29, 1.82) is 0 Å². The van der Waals surface area contributed by atoms with Crippen molar-refractivity contribution in [3.05, 3.63) is 65.9 Å². The van der Waals surface area contributed by atoms with Gasteiger partial charge in [0.2, 0.25) is 5.91 Å². The number of rotatable bonds is 7. The number of nitrogens with one attached hydrogen (secondary N) is 2. The van der Waals surface area contributed by atoms with E-state index in [1.54, 1.807) is 0 Å². The minimum atomic E-state index is 0.0628. The predicted octanol–water partition coefficient (Wildman–Crippen LogP) is 4.20. The molecule has 0 radical (unpaired) electrons. The Labute approximate surface area is 148 Å². The summed E-state index contributed by atoms with van der Waals surface area (Å²) in [6.45, 7) is 4.54. The first-order valence-corrected chi connectivity index (χ1v) is 8.69. The molecule has 0 atom stereocenters. The molecule has 4 heteroatoms. The molecular weight excluding hydrogens is 312 g/mol. The van der Waals surface area contributed by atoms with E-state index < -0.39 is 0 Å². The van der Waals surface area contributed by atoms with Gasteiger partial charge in [0.25, 0.3) is 0 Å². The van der Waals surface area contributed by atoms with Crippen molar-refractivity contribution in [3.8, 4) is 5.75 Å². The molecule has 0 aliphatic carbocycles. The second kappa shape index (κ2) is 7.88. The molecule has 2 aromatic carbocycles. The lowest BCUT2D eigenvalue weighted by Gasteiger charge is -2.10. The van der Waals surface area contributed by atoms with Crippen molar-refractivity contribution in [1.82, 2.24) is 10.3 Å². The molecule has 0 unspecified atom stereocenters. The van der Waals surface area contributed by atoms with Gasteiger partial charge in [-0.05, 0) is 49.6 Å². The Hall–Kier alpha value is -2.75. The topological polar surface area (TPSA) is 54.1 Å². The molecular formula is C21H24N2O2. The van der Waals surface area contributed by atoms with E-state index in [4.69, 9.17) is 4.74 Å². The number of hydrogen-bond donors (Lipinski definition) is 2. The van der Waals surface area contributed by atoms with Crippen LogP contribution in [0.25, 0.3) is 10.9 Å². The van der Waals surface area contributed by atoms with Gasteiger partial charge in [0, 0.05) is 30.1 Å². The quantitative estimate of drug-likeness (QED) is 0.679. The third-order valence-electron chi connectivity index (χ3n) is 4.08. The molecule has 1 aromatic heterocycles. The highest BCUT2D eigenvalue weighted by Crippen LogP contribution is 2.19. The Morgan fingerprint density at radius 1 is 1.12 bits per heavy atom. The van der Waals surface area contributed by atoms with Crippen LogP contribution in [0.1, 0.15) is 31.4 Å². The minimum Gasteiger partial charge on any atom is -0.491 e. The van der Waals surface area contributed by atoms with E-state index in [2.05, 4.69) is 16.4 Å². The summed E-state index contributed by atoms with van der Waals surface area (Å²) >= 11 is 0. The summed E-state index contributed by atoms with van der Waals surface area (Å²) in [5.41, 5.74) is 3.36. The van der Waals surface area contributed by atoms with Crippen molar-refractivity contribution in [2.45, 2.75) is 39.3 Å². The fourth-order valence-electron chi connectivity index (χ4n) is 2.83. The summed E-state index contributed by atoms with van der Waals surface area (Å²) in [6.07, 6.45) is 3.37. The smallest absolute Gasteiger partial charge is 0.220 e. The van der Waals surface area contributed by atoms with Crippen molar-refractivity contribution in [2.75, 3.05) is 0 Å². The van der Waals surface area contributed by atoms with Crippen LogP contribution < -0.4 is 10.1 Å². The van der Waals surface area contributed by atoms with Crippen LogP contribution in [0.15, 0.2) is 54.7 Å². The summed E-state index contributed by atoms with van der Waals surface area (Å²) in [6, 6.07) is 16.0. The van der Waals surface area contributed by atoms with Crippen LogP contribution in [0.3, 0.4) is 0 Å². The first kappa shape index (κ1) is 17.1. The number of ether oxygens (including phenoxy) is 1. The van der Waals surface area contributed by atoms with E-state index in [0.29, 0.717) is 13.0 Å². The average Bonchev–Trinajstić information content (AvgIpc) is 3.02. The number of para-hydroxylation sites is 1. The highest BCUT2D eigenvalue weighted by molar-refractivity contribution is 5.84. The zero-order valence-corrected chi connectivity index (χ0v) is 14.7. The number of amides is 1. The number of aryl methyl sites for hydroxylation is 1. The molecule has 0 aliphatic rings. The van der Waals surface area contributed by atoms with Crippen LogP contribution in [-0.4, -0.2) is 17.0 Å². The lowest BCUT2D eigenvalue weighted by atomic mass is 10.1. The molecule has 0 saturated heterocycles. The van der Waals surface area contributed by atoms with Gasteiger partial charge >= 0.3 is 0 Å². The fraction of sp³-hybridized carbons (Fsp3) is 0.286. The Balaban J connectivity index is 1.48. The van der Waals surface area contributed by atoms with Crippen molar-refractivity contribution < 1.29 is 9.53 Å². The van der Waals surface area contributed by atoms with Gasteiger partial charge < -0.3 is 15.0 Å². The minimum absolute atomic E-state index is 0.0628. The van der Waals surface area contributed by atoms with Crippen molar-refractivity contribution in [3.63, 3.8) is 0 Å². The SMILES string of the molecule is CC(C)Oc1ccc(CNC(=O)CCc2c[nH]c3ccccc23)cc1. The van der Waals surface area contributed by atoms with E-state index in [-0.39, 0.29) is 12.0 Å².